The molecule has 1 aliphatic carbocycles. The molecule has 0 saturated heterocycles. The Morgan fingerprint density at radius 1 is 1.31 bits per heavy atom. The van der Waals surface area contributed by atoms with Gasteiger partial charge in [0.05, 0.1) is 26.4 Å². The number of ketones is 1. The number of methoxy groups -OCH3 is 2. The molecule has 1 atom stereocenters. The first-order valence-corrected chi connectivity index (χ1v) is 5.11. The molecule has 0 aromatic heterocycles. The third kappa shape index (κ3) is 1.46. The fourth-order valence-corrected chi connectivity index (χ4v) is 2.13. The van der Waals surface area contributed by atoms with Crippen LogP contribution in [0.4, 0.5) is 0 Å². The molecule has 1 unspecified atom stereocenters. The minimum absolute atomic E-state index is 0.0618. The molecular formula is C12H14O4. The molecule has 0 amide bonds. The van der Waals surface area contributed by atoms with Crippen LogP contribution < -0.4 is 9.47 Å². The first-order chi connectivity index (χ1) is 7.72. The van der Waals surface area contributed by atoms with Gasteiger partial charge < -0.3 is 14.6 Å². The van der Waals surface area contributed by atoms with Crippen LogP contribution in [0.15, 0.2) is 12.1 Å². The Hall–Kier alpha value is -1.55. The largest absolute Gasteiger partial charge is 0.496 e. The molecule has 1 aromatic carbocycles. The third-order valence-corrected chi connectivity index (χ3v) is 2.96. The van der Waals surface area contributed by atoms with Crippen molar-refractivity contribution in [3.63, 3.8) is 0 Å². The van der Waals surface area contributed by atoms with E-state index >= 15 is 0 Å². The molecule has 0 fully saturated rings. The lowest BCUT2D eigenvalue weighted by Crippen LogP contribution is -2.13. The van der Waals surface area contributed by atoms with Gasteiger partial charge in [0.2, 0.25) is 0 Å². The summed E-state index contributed by atoms with van der Waals surface area (Å²) in [7, 11) is 3.10. The molecule has 4 heteroatoms. The van der Waals surface area contributed by atoms with Gasteiger partial charge in [-0.3, -0.25) is 4.79 Å². The number of carbonyl (C=O) groups excluding carboxylic acids is 1. The number of rotatable bonds is 3. The van der Waals surface area contributed by atoms with E-state index in [4.69, 9.17) is 14.6 Å². The van der Waals surface area contributed by atoms with E-state index in [0.29, 0.717) is 23.5 Å². The number of benzene rings is 1. The summed E-state index contributed by atoms with van der Waals surface area (Å²) in [6.45, 7) is -0.139. The Morgan fingerprint density at radius 3 is 2.50 bits per heavy atom. The van der Waals surface area contributed by atoms with Gasteiger partial charge in [0.15, 0.2) is 5.78 Å². The number of hydrogen-bond donors (Lipinski definition) is 1. The Kier molecular flexibility index (Phi) is 2.83. The van der Waals surface area contributed by atoms with Crippen molar-refractivity contribution in [2.45, 2.75) is 6.42 Å². The standard InChI is InChI=1S/C12H14O4/c1-15-9-3-4-10(16-2)11-8(9)5-7(6-13)12(11)14/h3-4,7,13H,5-6H2,1-2H3. The highest BCUT2D eigenvalue weighted by Gasteiger charge is 2.35. The van der Waals surface area contributed by atoms with Crippen LogP contribution in [0.25, 0.3) is 0 Å². The summed E-state index contributed by atoms with van der Waals surface area (Å²) in [5, 5.41) is 9.13. The van der Waals surface area contributed by atoms with E-state index in [9.17, 15) is 4.79 Å². The maximum Gasteiger partial charge on any atom is 0.172 e. The summed E-state index contributed by atoms with van der Waals surface area (Å²) < 4.78 is 10.4. The highest BCUT2D eigenvalue weighted by Crippen LogP contribution is 2.39. The Labute approximate surface area is 93.8 Å². The van der Waals surface area contributed by atoms with Crippen LogP contribution in [0.3, 0.4) is 0 Å². The fraction of sp³-hybridized carbons (Fsp3) is 0.417. The lowest BCUT2D eigenvalue weighted by atomic mass is 10.1. The highest BCUT2D eigenvalue weighted by molar-refractivity contribution is 6.05. The Morgan fingerprint density at radius 2 is 1.94 bits per heavy atom. The molecule has 0 bridgehead atoms. The predicted octanol–water partition coefficient (Wildman–Crippen LogP) is 1.05. The predicted molar refractivity (Wildman–Crippen MR) is 58.2 cm³/mol. The summed E-state index contributed by atoms with van der Waals surface area (Å²) in [6, 6.07) is 3.50. The van der Waals surface area contributed by atoms with Crippen molar-refractivity contribution in [1.29, 1.82) is 0 Å². The van der Waals surface area contributed by atoms with E-state index in [1.807, 2.05) is 0 Å². The quantitative estimate of drug-likeness (QED) is 0.830. The molecule has 0 heterocycles. The van der Waals surface area contributed by atoms with Gasteiger partial charge in [-0.1, -0.05) is 0 Å². The number of ether oxygens (including phenoxy) is 2. The van der Waals surface area contributed by atoms with Gasteiger partial charge in [0.1, 0.15) is 11.5 Å². The fourth-order valence-electron chi connectivity index (χ4n) is 2.13. The SMILES string of the molecule is COc1ccc(OC)c2c1CC(CO)C2=O. The Bertz CT molecular complexity index is 425. The first kappa shape index (κ1) is 11.0. The highest BCUT2D eigenvalue weighted by atomic mass is 16.5. The van der Waals surface area contributed by atoms with E-state index in [1.54, 1.807) is 19.2 Å². The minimum Gasteiger partial charge on any atom is -0.496 e. The zero-order valence-electron chi connectivity index (χ0n) is 9.32. The normalized spacial score (nSPS) is 18.4. The van der Waals surface area contributed by atoms with Crippen molar-refractivity contribution in [3.05, 3.63) is 23.3 Å². The van der Waals surface area contributed by atoms with Gasteiger partial charge in [-0.25, -0.2) is 0 Å². The number of aliphatic hydroxyl groups is 1. The van der Waals surface area contributed by atoms with Crippen molar-refractivity contribution in [1.82, 2.24) is 0 Å². The summed E-state index contributed by atoms with van der Waals surface area (Å²) in [6.07, 6.45) is 0.519. The van der Waals surface area contributed by atoms with E-state index < -0.39 is 0 Å². The molecule has 86 valence electrons. The molecule has 0 spiro atoms. The van der Waals surface area contributed by atoms with Gasteiger partial charge >= 0.3 is 0 Å². The first-order valence-electron chi connectivity index (χ1n) is 5.11. The number of Topliss-reactive ketones (excluding diaryl/α,β-unsaturated/α-hetero) is 1. The van der Waals surface area contributed by atoms with E-state index in [0.717, 1.165) is 5.56 Å². The minimum atomic E-state index is -0.361. The molecule has 1 aliphatic rings. The smallest absolute Gasteiger partial charge is 0.172 e. The summed E-state index contributed by atoms with van der Waals surface area (Å²) >= 11 is 0. The number of fused-ring (bicyclic) bond motifs is 1. The molecule has 0 radical (unpaired) electrons. The molecule has 2 rings (SSSR count). The molecular weight excluding hydrogens is 208 g/mol. The van der Waals surface area contributed by atoms with Crippen molar-refractivity contribution >= 4 is 5.78 Å². The topological polar surface area (TPSA) is 55.8 Å². The van der Waals surface area contributed by atoms with Gasteiger partial charge in [-0.2, -0.15) is 0 Å². The molecule has 1 N–H and O–H groups in total. The molecule has 0 aliphatic heterocycles. The number of aliphatic hydroxyl groups excluding tert-OH is 1. The van der Waals surface area contributed by atoms with Gasteiger partial charge in [-0.05, 0) is 18.6 Å². The van der Waals surface area contributed by atoms with Crippen LogP contribution in [-0.2, 0) is 6.42 Å². The van der Waals surface area contributed by atoms with Gasteiger partial charge in [-0.15, -0.1) is 0 Å². The van der Waals surface area contributed by atoms with Crippen molar-refractivity contribution in [2.24, 2.45) is 5.92 Å². The van der Waals surface area contributed by atoms with Crippen LogP contribution in [0.2, 0.25) is 0 Å². The monoisotopic (exact) mass is 222 g/mol. The lowest BCUT2D eigenvalue weighted by Gasteiger charge is -2.09. The van der Waals surface area contributed by atoms with Crippen LogP contribution in [-0.4, -0.2) is 31.7 Å². The summed E-state index contributed by atoms with van der Waals surface area (Å²) in [4.78, 5) is 12.0. The van der Waals surface area contributed by atoms with E-state index in [2.05, 4.69) is 0 Å². The van der Waals surface area contributed by atoms with E-state index in [-0.39, 0.29) is 18.3 Å². The van der Waals surface area contributed by atoms with Crippen molar-refractivity contribution < 1.29 is 19.4 Å². The van der Waals surface area contributed by atoms with Crippen LogP contribution in [0.1, 0.15) is 15.9 Å². The average molecular weight is 222 g/mol. The zero-order chi connectivity index (χ0) is 11.7. The maximum atomic E-state index is 12.0. The second-order valence-electron chi connectivity index (χ2n) is 3.77. The van der Waals surface area contributed by atoms with Gasteiger partial charge in [0, 0.05) is 11.5 Å². The zero-order valence-corrected chi connectivity index (χ0v) is 9.32. The number of hydrogen-bond acceptors (Lipinski definition) is 4. The van der Waals surface area contributed by atoms with Crippen molar-refractivity contribution in [3.8, 4) is 11.5 Å². The van der Waals surface area contributed by atoms with Crippen molar-refractivity contribution in [2.75, 3.05) is 20.8 Å². The molecule has 0 saturated carbocycles. The lowest BCUT2D eigenvalue weighted by molar-refractivity contribution is 0.0881. The van der Waals surface area contributed by atoms with Crippen LogP contribution >= 0.6 is 0 Å². The number of carbonyl (C=O) groups is 1. The second kappa shape index (κ2) is 4.14. The summed E-state index contributed by atoms with van der Waals surface area (Å²) in [5.74, 6) is 0.810. The maximum absolute atomic E-state index is 12.0. The molecule has 4 nitrogen and oxygen atoms in total. The van der Waals surface area contributed by atoms with Crippen LogP contribution in [0.5, 0.6) is 11.5 Å². The summed E-state index contributed by atoms with van der Waals surface area (Å²) in [5.41, 5.74) is 1.40. The van der Waals surface area contributed by atoms with Gasteiger partial charge in [0.25, 0.3) is 0 Å². The molecule has 16 heavy (non-hydrogen) atoms. The van der Waals surface area contributed by atoms with E-state index in [1.165, 1.54) is 7.11 Å². The van der Waals surface area contributed by atoms with Crippen LogP contribution in [0, 0.1) is 5.92 Å². The second-order valence-corrected chi connectivity index (χ2v) is 3.77. The average Bonchev–Trinajstić information content (AvgIpc) is 2.66. The Balaban J connectivity index is 2.56. The third-order valence-electron chi connectivity index (χ3n) is 2.96. The molecule has 1 aromatic rings.